The van der Waals surface area contributed by atoms with Crippen molar-refractivity contribution < 1.29 is 9.47 Å². The largest absolute Gasteiger partial charge is 0.457 e. The number of hydrogen-bond acceptors (Lipinski definition) is 5. The van der Waals surface area contributed by atoms with Crippen molar-refractivity contribution in [1.82, 2.24) is 0 Å². The number of nitriles is 3. The lowest BCUT2D eigenvalue weighted by Crippen LogP contribution is -2.21. The smallest absolute Gasteiger partial charge is 0.128 e. The molecule has 0 aliphatic rings. The van der Waals surface area contributed by atoms with Gasteiger partial charge in [-0.25, -0.2) is 0 Å². The molecule has 0 saturated heterocycles. The fraction of sp³-hybridized carbons (Fsp3) is 0.146. The second-order valence-corrected chi connectivity index (χ2v) is 12.0. The van der Waals surface area contributed by atoms with Crippen LogP contribution in [0.25, 0.3) is 0 Å². The second-order valence-electron chi connectivity index (χ2n) is 12.0. The summed E-state index contributed by atoms with van der Waals surface area (Å²) in [5.41, 5.74) is 5.70. The van der Waals surface area contributed by atoms with Gasteiger partial charge in [-0.05, 0) is 82.9 Å². The van der Waals surface area contributed by atoms with Gasteiger partial charge in [0, 0.05) is 16.4 Å². The maximum absolute atomic E-state index is 9.36. The fourth-order valence-corrected chi connectivity index (χ4v) is 5.37. The summed E-state index contributed by atoms with van der Waals surface area (Å²) >= 11 is 0. The van der Waals surface area contributed by atoms with E-state index in [0.717, 1.165) is 11.1 Å². The van der Waals surface area contributed by atoms with Crippen LogP contribution in [0.15, 0.2) is 109 Å². The van der Waals surface area contributed by atoms with Crippen molar-refractivity contribution >= 4 is 0 Å². The van der Waals surface area contributed by atoms with Crippen LogP contribution in [0.2, 0.25) is 0 Å². The third-order valence-corrected chi connectivity index (χ3v) is 8.45. The van der Waals surface area contributed by atoms with Gasteiger partial charge < -0.3 is 9.47 Å². The number of nitrogens with zero attached hydrogens (tertiary/aromatic N) is 3. The standard InChI is InChI=1S/C41H31N3O2/c1-6-28-7-17-38(23-30(28)26-43)45-36-19-13-34(14-20-36)40(2,3)32-9-11-33(12-10-32)41(4,5)35-15-21-37(22-16-35)46-39-18-8-29(25-42)31(24-39)27-44/h1,7-24H,2-5H3. The summed E-state index contributed by atoms with van der Waals surface area (Å²) in [5, 5.41) is 27.8. The van der Waals surface area contributed by atoms with Gasteiger partial charge in [0.25, 0.3) is 0 Å². The van der Waals surface area contributed by atoms with Crippen molar-refractivity contribution in [2.75, 3.05) is 0 Å². The summed E-state index contributed by atoms with van der Waals surface area (Å²) in [4.78, 5) is 0. The normalized spacial score (nSPS) is 11.0. The minimum Gasteiger partial charge on any atom is -0.457 e. The third kappa shape index (κ3) is 6.32. The predicted molar refractivity (Wildman–Crippen MR) is 179 cm³/mol. The van der Waals surface area contributed by atoms with Gasteiger partial charge in [0.2, 0.25) is 0 Å². The Morgan fingerprint density at radius 2 is 0.739 bits per heavy atom. The first kappa shape index (κ1) is 31.2. The average Bonchev–Trinajstić information content (AvgIpc) is 3.08. The summed E-state index contributed by atoms with van der Waals surface area (Å²) in [7, 11) is 0. The molecule has 0 aliphatic heterocycles. The van der Waals surface area contributed by atoms with Crippen LogP contribution in [0.3, 0.4) is 0 Å². The maximum atomic E-state index is 9.36. The molecule has 5 heteroatoms. The lowest BCUT2D eigenvalue weighted by molar-refractivity contribution is 0.481. The molecule has 5 nitrogen and oxygen atoms in total. The summed E-state index contributed by atoms with van der Waals surface area (Å²) < 4.78 is 12.0. The Morgan fingerprint density at radius 3 is 1.09 bits per heavy atom. The molecular weight excluding hydrogens is 566 g/mol. The molecule has 5 aromatic carbocycles. The molecule has 0 aliphatic carbocycles. The molecule has 222 valence electrons. The molecule has 46 heavy (non-hydrogen) atoms. The van der Waals surface area contributed by atoms with Gasteiger partial charge in [0.05, 0.1) is 16.7 Å². The SMILES string of the molecule is C#Cc1ccc(Oc2ccc(C(C)(C)c3ccc(C(C)(C)c4ccc(Oc5ccc(C#N)c(C#N)c5)cc4)cc3)cc2)cc1C#N. The van der Waals surface area contributed by atoms with Crippen LogP contribution < -0.4 is 9.47 Å². The average molecular weight is 598 g/mol. The van der Waals surface area contributed by atoms with E-state index >= 15 is 0 Å². The van der Waals surface area contributed by atoms with Crippen LogP contribution in [-0.4, -0.2) is 0 Å². The zero-order chi connectivity index (χ0) is 32.9. The van der Waals surface area contributed by atoms with E-state index in [2.05, 4.69) is 88.2 Å². The first-order valence-electron chi connectivity index (χ1n) is 14.7. The monoisotopic (exact) mass is 597 g/mol. The Morgan fingerprint density at radius 1 is 0.435 bits per heavy atom. The summed E-state index contributed by atoms with van der Waals surface area (Å²) in [6.45, 7) is 8.79. The molecule has 0 saturated carbocycles. The number of rotatable bonds is 8. The molecule has 0 aromatic heterocycles. The van der Waals surface area contributed by atoms with Crippen molar-refractivity contribution in [2.45, 2.75) is 38.5 Å². The van der Waals surface area contributed by atoms with E-state index in [-0.39, 0.29) is 16.4 Å². The van der Waals surface area contributed by atoms with Crippen LogP contribution in [0.1, 0.15) is 72.2 Å². The van der Waals surface area contributed by atoms with Crippen LogP contribution in [0.5, 0.6) is 23.0 Å². The van der Waals surface area contributed by atoms with Gasteiger partial charge in [-0.2, -0.15) is 15.8 Å². The summed E-state index contributed by atoms with van der Waals surface area (Å²) in [6.07, 6.45) is 5.47. The summed E-state index contributed by atoms with van der Waals surface area (Å²) in [5.74, 6) is 4.90. The lowest BCUT2D eigenvalue weighted by atomic mass is 9.74. The Hall–Kier alpha value is -6.27. The van der Waals surface area contributed by atoms with E-state index in [9.17, 15) is 10.5 Å². The number of benzene rings is 5. The Balaban J connectivity index is 1.28. The minimum absolute atomic E-state index is 0.251. The molecule has 0 spiro atoms. The first-order valence-corrected chi connectivity index (χ1v) is 14.7. The number of terminal acetylenes is 1. The molecule has 0 heterocycles. The van der Waals surface area contributed by atoms with E-state index < -0.39 is 0 Å². The number of ether oxygens (including phenoxy) is 2. The summed E-state index contributed by atoms with van der Waals surface area (Å²) in [6, 6.07) is 40.9. The minimum atomic E-state index is -0.257. The van der Waals surface area contributed by atoms with Crippen molar-refractivity contribution in [3.05, 3.63) is 154 Å². The van der Waals surface area contributed by atoms with Gasteiger partial charge in [-0.15, -0.1) is 6.42 Å². The zero-order valence-corrected chi connectivity index (χ0v) is 26.1. The van der Waals surface area contributed by atoms with E-state index in [4.69, 9.17) is 21.2 Å². The van der Waals surface area contributed by atoms with Gasteiger partial charge in [0.1, 0.15) is 41.2 Å². The Kier molecular flexibility index (Phi) is 8.65. The first-order chi connectivity index (χ1) is 22.1. The third-order valence-electron chi connectivity index (χ3n) is 8.45. The van der Waals surface area contributed by atoms with Crippen LogP contribution in [0.4, 0.5) is 0 Å². The van der Waals surface area contributed by atoms with E-state index in [1.807, 2.05) is 36.4 Å². The number of hydrogen-bond donors (Lipinski definition) is 0. The zero-order valence-electron chi connectivity index (χ0n) is 26.1. The predicted octanol–water partition coefficient (Wildman–Crippen LogP) is 9.52. The van der Waals surface area contributed by atoms with E-state index in [1.54, 1.807) is 36.4 Å². The van der Waals surface area contributed by atoms with Gasteiger partial charge >= 0.3 is 0 Å². The van der Waals surface area contributed by atoms with Crippen LogP contribution in [-0.2, 0) is 10.8 Å². The Labute approximate surface area is 270 Å². The molecule has 5 aromatic rings. The molecular formula is C41H31N3O2. The van der Waals surface area contributed by atoms with Crippen molar-refractivity contribution in [2.24, 2.45) is 0 Å². The molecule has 0 bridgehead atoms. The van der Waals surface area contributed by atoms with Crippen molar-refractivity contribution in [3.63, 3.8) is 0 Å². The lowest BCUT2D eigenvalue weighted by Gasteiger charge is -2.29. The highest BCUT2D eigenvalue weighted by atomic mass is 16.5. The van der Waals surface area contributed by atoms with Gasteiger partial charge in [-0.3, -0.25) is 0 Å². The highest BCUT2D eigenvalue weighted by Gasteiger charge is 2.27. The quantitative estimate of drug-likeness (QED) is 0.166. The molecule has 0 amide bonds. The van der Waals surface area contributed by atoms with Crippen molar-refractivity contribution in [3.8, 4) is 53.5 Å². The molecule has 0 radical (unpaired) electrons. The van der Waals surface area contributed by atoms with Gasteiger partial charge in [-0.1, -0.05) is 82.1 Å². The topological polar surface area (TPSA) is 89.8 Å². The molecule has 0 unspecified atom stereocenters. The Bertz CT molecular complexity index is 1910. The van der Waals surface area contributed by atoms with Gasteiger partial charge in [0.15, 0.2) is 0 Å². The van der Waals surface area contributed by atoms with Crippen LogP contribution >= 0.6 is 0 Å². The van der Waals surface area contributed by atoms with E-state index in [1.165, 1.54) is 11.1 Å². The van der Waals surface area contributed by atoms with E-state index in [0.29, 0.717) is 39.7 Å². The maximum Gasteiger partial charge on any atom is 0.128 e. The molecule has 0 fully saturated rings. The fourth-order valence-electron chi connectivity index (χ4n) is 5.37. The molecule has 0 atom stereocenters. The molecule has 5 rings (SSSR count). The van der Waals surface area contributed by atoms with Crippen molar-refractivity contribution in [1.29, 1.82) is 15.8 Å². The highest BCUT2D eigenvalue weighted by molar-refractivity contribution is 5.52. The second kappa shape index (κ2) is 12.8. The highest BCUT2D eigenvalue weighted by Crippen LogP contribution is 2.37. The molecule has 0 N–H and O–H groups in total. The van der Waals surface area contributed by atoms with Crippen LogP contribution in [0, 0.1) is 46.3 Å².